The largest absolute Gasteiger partial charge is 0.398 e. The minimum Gasteiger partial charge on any atom is -0.398 e. The number of rotatable bonds is 3. The lowest BCUT2D eigenvalue weighted by molar-refractivity contribution is 0.570. The van der Waals surface area contributed by atoms with Gasteiger partial charge in [0.25, 0.3) is 10.0 Å². The van der Waals surface area contributed by atoms with Gasteiger partial charge < -0.3 is 5.73 Å². The van der Waals surface area contributed by atoms with Crippen LogP contribution in [0.15, 0.2) is 39.7 Å². The third-order valence-corrected chi connectivity index (χ3v) is 4.82. The lowest BCUT2D eigenvalue weighted by atomic mass is 10.2. The summed E-state index contributed by atoms with van der Waals surface area (Å²) in [6.07, 6.45) is 0. The Hall–Kier alpha value is -1.67. The van der Waals surface area contributed by atoms with Crippen molar-refractivity contribution in [3.63, 3.8) is 0 Å². The monoisotopic (exact) mass is 376 g/mol. The second-order valence-corrected chi connectivity index (χ2v) is 6.87. The Balaban J connectivity index is 2.46. The minimum atomic E-state index is -4.18. The molecule has 0 saturated heterocycles. The van der Waals surface area contributed by atoms with Crippen LogP contribution < -0.4 is 10.5 Å². The number of sulfonamides is 1. The van der Waals surface area contributed by atoms with E-state index >= 15 is 0 Å². The van der Waals surface area contributed by atoms with E-state index in [4.69, 9.17) is 5.73 Å². The first-order valence-corrected chi connectivity index (χ1v) is 8.02. The molecular weight excluding hydrogens is 366 g/mol. The van der Waals surface area contributed by atoms with Crippen LogP contribution in [0.1, 0.15) is 5.56 Å². The molecule has 3 N–H and O–H groups in total. The van der Waals surface area contributed by atoms with Gasteiger partial charge in [0.1, 0.15) is 16.5 Å². The van der Waals surface area contributed by atoms with Crippen LogP contribution in [0.2, 0.25) is 0 Å². The average molecular weight is 377 g/mol. The van der Waals surface area contributed by atoms with Crippen LogP contribution in [-0.2, 0) is 10.0 Å². The lowest BCUT2D eigenvalue weighted by Gasteiger charge is -2.12. The number of anilines is 2. The van der Waals surface area contributed by atoms with Crippen molar-refractivity contribution >= 4 is 37.3 Å². The Labute approximate surface area is 129 Å². The molecule has 112 valence electrons. The summed E-state index contributed by atoms with van der Waals surface area (Å²) in [6.45, 7) is 1.57. The molecule has 2 aromatic rings. The smallest absolute Gasteiger partial charge is 0.264 e. The van der Waals surface area contributed by atoms with Gasteiger partial charge in [0.05, 0.1) is 5.69 Å². The van der Waals surface area contributed by atoms with Crippen LogP contribution in [0.4, 0.5) is 20.2 Å². The van der Waals surface area contributed by atoms with Crippen LogP contribution in [-0.4, -0.2) is 8.42 Å². The molecule has 0 amide bonds. The first-order chi connectivity index (χ1) is 9.70. The topological polar surface area (TPSA) is 72.2 Å². The van der Waals surface area contributed by atoms with E-state index in [1.165, 1.54) is 6.07 Å². The molecule has 0 radical (unpaired) electrons. The van der Waals surface area contributed by atoms with Crippen molar-refractivity contribution in [3.05, 3.63) is 52.0 Å². The molecule has 0 spiro atoms. The summed E-state index contributed by atoms with van der Waals surface area (Å²) in [5.74, 6) is -1.44. The second-order valence-electron chi connectivity index (χ2n) is 4.37. The van der Waals surface area contributed by atoms with Gasteiger partial charge in [-0.3, -0.25) is 4.72 Å². The highest BCUT2D eigenvalue weighted by Crippen LogP contribution is 2.28. The summed E-state index contributed by atoms with van der Waals surface area (Å²) in [5, 5.41) is 0. The van der Waals surface area contributed by atoms with Crippen molar-refractivity contribution in [2.45, 2.75) is 11.8 Å². The van der Waals surface area contributed by atoms with Crippen molar-refractivity contribution in [3.8, 4) is 0 Å². The normalized spacial score (nSPS) is 11.4. The van der Waals surface area contributed by atoms with Gasteiger partial charge in [0.15, 0.2) is 0 Å². The highest BCUT2D eigenvalue weighted by atomic mass is 79.9. The van der Waals surface area contributed by atoms with Crippen molar-refractivity contribution in [2.75, 3.05) is 10.5 Å². The fraction of sp³-hybridized carbons (Fsp3) is 0.0769. The van der Waals surface area contributed by atoms with Gasteiger partial charge in [0, 0.05) is 10.2 Å². The number of benzene rings is 2. The summed E-state index contributed by atoms with van der Waals surface area (Å²) in [6, 6.07) is 5.50. The van der Waals surface area contributed by atoms with Gasteiger partial charge in [-0.05, 0) is 58.7 Å². The lowest BCUT2D eigenvalue weighted by Crippen LogP contribution is -2.15. The summed E-state index contributed by atoms with van der Waals surface area (Å²) in [4.78, 5) is -0.568. The summed E-state index contributed by atoms with van der Waals surface area (Å²) < 4.78 is 53.6. The van der Waals surface area contributed by atoms with Crippen molar-refractivity contribution in [1.29, 1.82) is 0 Å². The molecule has 2 aromatic carbocycles. The first-order valence-electron chi connectivity index (χ1n) is 5.74. The Morgan fingerprint density at radius 2 is 1.86 bits per heavy atom. The van der Waals surface area contributed by atoms with Crippen LogP contribution >= 0.6 is 15.9 Å². The van der Waals surface area contributed by atoms with Crippen LogP contribution in [0.25, 0.3) is 0 Å². The van der Waals surface area contributed by atoms with Gasteiger partial charge in [-0.15, -0.1) is 0 Å². The van der Waals surface area contributed by atoms with Gasteiger partial charge in [-0.2, -0.15) is 0 Å². The average Bonchev–Trinajstić information content (AvgIpc) is 2.37. The highest BCUT2D eigenvalue weighted by Gasteiger charge is 2.21. The summed E-state index contributed by atoms with van der Waals surface area (Å²) in [5.41, 5.74) is 6.31. The van der Waals surface area contributed by atoms with E-state index in [2.05, 4.69) is 20.7 Å². The number of aryl methyl sites for hydroxylation is 1. The van der Waals surface area contributed by atoms with Gasteiger partial charge in [-0.25, -0.2) is 17.2 Å². The molecule has 0 unspecified atom stereocenters. The molecular formula is C13H11BrF2N2O2S. The van der Waals surface area contributed by atoms with Crippen molar-refractivity contribution in [2.24, 2.45) is 0 Å². The second kappa shape index (κ2) is 5.61. The van der Waals surface area contributed by atoms with E-state index in [9.17, 15) is 17.2 Å². The van der Waals surface area contributed by atoms with E-state index < -0.39 is 26.6 Å². The maximum Gasteiger partial charge on any atom is 0.264 e. The standard InChI is InChI=1S/C13H11BrF2N2O2S/c1-7-4-10(16)13(6-11(7)17)21(19,20)18-12-3-2-8(15)5-9(12)14/h2-6,18H,17H2,1H3. The molecule has 0 aliphatic rings. The molecule has 0 aliphatic heterocycles. The van der Waals surface area contributed by atoms with Gasteiger partial charge in [-0.1, -0.05) is 0 Å². The van der Waals surface area contributed by atoms with E-state index in [0.29, 0.717) is 5.56 Å². The molecule has 0 atom stereocenters. The Kier molecular flexibility index (Phi) is 4.20. The minimum absolute atomic E-state index is 0.0925. The van der Waals surface area contributed by atoms with Gasteiger partial charge in [0.2, 0.25) is 0 Å². The Bertz CT molecular complexity index is 810. The molecule has 0 heterocycles. The zero-order valence-electron chi connectivity index (χ0n) is 10.8. The molecule has 4 nitrogen and oxygen atoms in total. The number of hydrogen-bond donors (Lipinski definition) is 2. The molecule has 0 aromatic heterocycles. The van der Waals surface area contributed by atoms with Crippen molar-refractivity contribution in [1.82, 2.24) is 0 Å². The Morgan fingerprint density at radius 3 is 2.48 bits per heavy atom. The fourth-order valence-corrected chi connectivity index (χ4v) is 3.40. The highest BCUT2D eigenvalue weighted by molar-refractivity contribution is 9.10. The molecule has 0 bridgehead atoms. The first kappa shape index (κ1) is 15.7. The van der Waals surface area contributed by atoms with E-state index in [-0.39, 0.29) is 15.8 Å². The predicted molar refractivity (Wildman–Crippen MR) is 80.5 cm³/mol. The quantitative estimate of drug-likeness (QED) is 0.806. The SMILES string of the molecule is Cc1cc(F)c(S(=O)(=O)Nc2ccc(F)cc2Br)cc1N. The molecule has 21 heavy (non-hydrogen) atoms. The summed E-state index contributed by atoms with van der Waals surface area (Å²) >= 11 is 3.03. The number of halogens is 3. The molecule has 8 heteroatoms. The van der Waals surface area contributed by atoms with Crippen LogP contribution in [0.5, 0.6) is 0 Å². The van der Waals surface area contributed by atoms with E-state index in [1.54, 1.807) is 6.92 Å². The Morgan fingerprint density at radius 1 is 1.19 bits per heavy atom. The maximum absolute atomic E-state index is 13.8. The predicted octanol–water partition coefficient (Wildman–Crippen LogP) is 3.42. The molecule has 0 fully saturated rings. The zero-order chi connectivity index (χ0) is 15.8. The van der Waals surface area contributed by atoms with E-state index in [1.807, 2.05) is 0 Å². The third kappa shape index (κ3) is 3.33. The molecule has 0 aliphatic carbocycles. The number of nitrogens with one attached hydrogen (secondary N) is 1. The third-order valence-electron chi connectivity index (χ3n) is 2.79. The zero-order valence-corrected chi connectivity index (χ0v) is 13.2. The molecule has 2 rings (SSSR count). The van der Waals surface area contributed by atoms with Crippen molar-refractivity contribution < 1.29 is 17.2 Å². The number of hydrogen-bond acceptors (Lipinski definition) is 3. The van der Waals surface area contributed by atoms with Gasteiger partial charge >= 0.3 is 0 Å². The molecule has 0 saturated carbocycles. The van der Waals surface area contributed by atoms with Crippen LogP contribution in [0, 0.1) is 18.6 Å². The van der Waals surface area contributed by atoms with Crippen LogP contribution in [0.3, 0.4) is 0 Å². The fourth-order valence-electron chi connectivity index (χ4n) is 1.65. The number of nitrogen functional groups attached to an aromatic ring is 1. The maximum atomic E-state index is 13.8. The van der Waals surface area contributed by atoms with E-state index in [0.717, 1.165) is 24.3 Å². The summed E-state index contributed by atoms with van der Waals surface area (Å²) in [7, 11) is -4.18. The number of nitrogens with two attached hydrogens (primary N) is 1.